The van der Waals surface area contributed by atoms with E-state index in [4.69, 9.17) is 21.1 Å². The molecule has 3 N–H and O–H groups in total. The lowest BCUT2D eigenvalue weighted by atomic mass is 10.0. The van der Waals surface area contributed by atoms with Crippen LogP contribution in [0.25, 0.3) is 0 Å². The quantitative estimate of drug-likeness (QED) is 0.296. The first-order chi connectivity index (χ1) is 23.3. The van der Waals surface area contributed by atoms with Gasteiger partial charge in [0.15, 0.2) is 0 Å². The maximum atomic E-state index is 14.3. The molecule has 6 rings (SSSR count). The van der Waals surface area contributed by atoms with E-state index in [2.05, 4.69) is 22.0 Å². The number of allylic oxidation sites excluding steroid dienone is 1. The van der Waals surface area contributed by atoms with Crippen LogP contribution in [0, 0.1) is 17.8 Å². The molecule has 4 amide bonds. The molecule has 3 fully saturated rings. The predicted molar refractivity (Wildman–Crippen MR) is 182 cm³/mol. The molecule has 11 nitrogen and oxygen atoms in total. The van der Waals surface area contributed by atoms with Gasteiger partial charge in [0.2, 0.25) is 17.7 Å². The van der Waals surface area contributed by atoms with Gasteiger partial charge in [-0.15, -0.1) is 0 Å². The Kier molecular flexibility index (Phi) is 10.3. The molecule has 2 saturated carbocycles. The standard InChI is InChI=1S/C37H49ClN4O7/c1-36(2,3)49-35(47)40-29-13-8-6-4-5-7-11-25-19-37(25,34(46)39-20-22-14-15-22)41-31(43)30-18-26(21-42(30)32(29)44)48-33(45)24-16-23-10-9-12-28(38)27(23)17-24/h7,9-12,22,24-26,29-30H,4-6,8,13-21H2,1-3H3,(H,39,46)(H,40,47)(H,41,43)/b11-7-/t24?,25-,26+,29-,30-,37+/m0/s1. The maximum absolute atomic E-state index is 14.3. The molecule has 2 heterocycles. The lowest BCUT2D eigenvalue weighted by Gasteiger charge is -2.30. The van der Waals surface area contributed by atoms with Crippen LogP contribution in [0.1, 0.15) is 89.7 Å². The molecular formula is C37H49ClN4O7. The van der Waals surface area contributed by atoms with Crippen LogP contribution in [-0.4, -0.2) is 77.1 Å². The van der Waals surface area contributed by atoms with Crippen molar-refractivity contribution < 1.29 is 33.4 Å². The summed E-state index contributed by atoms with van der Waals surface area (Å²) in [7, 11) is 0. The third kappa shape index (κ3) is 8.41. The van der Waals surface area contributed by atoms with E-state index in [1.54, 1.807) is 20.8 Å². The fourth-order valence-electron chi connectivity index (χ4n) is 7.37. The lowest BCUT2D eigenvalue weighted by Crippen LogP contribution is -2.58. The zero-order chi connectivity index (χ0) is 34.9. The Labute approximate surface area is 293 Å². The number of hydrogen-bond donors (Lipinski definition) is 3. The molecule has 0 aromatic heterocycles. The molecule has 1 unspecified atom stereocenters. The van der Waals surface area contributed by atoms with E-state index in [0.29, 0.717) is 49.6 Å². The van der Waals surface area contributed by atoms with Crippen LogP contribution in [0.5, 0.6) is 0 Å². The summed E-state index contributed by atoms with van der Waals surface area (Å²) in [5, 5.41) is 9.46. The molecule has 49 heavy (non-hydrogen) atoms. The van der Waals surface area contributed by atoms with Crippen LogP contribution < -0.4 is 16.0 Å². The number of amides is 4. The third-order valence-electron chi connectivity index (χ3n) is 10.3. The molecule has 1 aromatic carbocycles. The van der Waals surface area contributed by atoms with Crippen molar-refractivity contribution in [2.45, 2.75) is 121 Å². The van der Waals surface area contributed by atoms with Gasteiger partial charge in [-0.05, 0) is 95.2 Å². The minimum Gasteiger partial charge on any atom is -0.460 e. The van der Waals surface area contributed by atoms with Crippen molar-refractivity contribution in [3.05, 3.63) is 46.5 Å². The second-order valence-corrected chi connectivity index (χ2v) is 15.9. The Hall–Kier alpha value is -3.60. The Bertz CT molecular complexity index is 1500. The number of nitrogens with zero attached hydrogens (tertiary/aromatic N) is 1. The summed E-state index contributed by atoms with van der Waals surface area (Å²) in [4.78, 5) is 69.8. The monoisotopic (exact) mass is 696 g/mol. The smallest absolute Gasteiger partial charge is 0.408 e. The van der Waals surface area contributed by atoms with Crippen LogP contribution >= 0.6 is 11.6 Å². The first-order valence-corrected chi connectivity index (χ1v) is 18.2. The number of carbonyl (C=O) groups excluding carboxylic acids is 5. The predicted octanol–water partition coefficient (Wildman–Crippen LogP) is 4.38. The zero-order valence-electron chi connectivity index (χ0n) is 28.7. The molecule has 2 aliphatic heterocycles. The summed E-state index contributed by atoms with van der Waals surface area (Å²) in [5.74, 6) is -1.64. The van der Waals surface area contributed by atoms with Gasteiger partial charge in [0.1, 0.15) is 29.3 Å². The minimum absolute atomic E-state index is 0.0141. The molecule has 1 saturated heterocycles. The van der Waals surface area contributed by atoms with Crippen molar-refractivity contribution in [3.8, 4) is 0 Å². The molecule has 0 radical (unpaired) electrons. The van der Waals surface area contributed by atoms with E-state index >= 15 is 0 Å². The van der Waals surface area contributed by atoms with E-state index < -0.39 is 59.1 Å². The van der Waals surface area contributed by atoms with Gasteiger partial charge in [0.25, 0.3) is 0 Å². The van der Waals surface area contributed by atoms with Gasteiger partial charge in [-0.25, -0.2) is 4.79 Å². The maximum Gasteiger partial charge on any atom is 0.408 e. The van der Waals surface area contributed by atoms with Crippen molar-refractivity contribution in [3.63, 3.8) is 0 Å². The highest BCUT2D eigenvalue weighted by Crippen LogP contribution is 2.46. The van der Waals surface area contributed by atoms with E-state index in [1.807, 2.05) is 24.3 Å². The summed E-state index contributed by atoms with van der Waals surface area (Å²) in [6.45, 7) is 5.80. The van der Waals surface area contributed by atoms with E-state index in [1.165, 1.54) is 4.90 Å². The van der Waals surface area contributed by atoms with Crippen LogP contribution in [0.15, 0.2) is 30.4 Å². The average Bonchev–Trinajstić information content (AvgIpc) is 3.89. The van der Waals surface area contributed by atoms with Gasteiger partial charge in [-0.2, -0.15) is 0 Å². The average molecular weight is 697 g/mol. The Morgan fingerprint density at radius 3 is 2.61 bits per heavy atom. The number of fused-ring (bicyclic) bond motifs is 3. The van der Waals surface area contributed by atoms with Crippen LogP contribution in [0.3, 0.4) is 0 Å². The third-order valence-corrected chi connectivity index (χ3v) is 10.7. The number of esters is 1. The largest absolute Gasteiger partial charge is 0.460 e. The highest BCUT2D eigenvalue weighted by atomic mass is 35.5. The van der Waals surface area contributed by atoms with Gasteiger partial charge in [0, 0.05) is 23.9 Å². The van der Waals surface area contributed by atoms with Crippen molar-refractivity contribution in [2.24, 2.45) is 17.8 Å². The molecular weight excluding hydrogens is 648 g/mol. The number of ether oxygens (including phenoxy) is 2. The number of rotatable bonds is 6. The normalized spacial score (nSPS) is 30.8. The van der Waals surface area contributed by atoms with Crippen molar-refractivity contribution in [1.29, 1.82) is 0 Å². The Morgan fingerprint density at radius 2 is 1.88 bits per heavy atom. The summed E-state index contributed by atoms with van der Waals surface area (Å²) >= 11 is 6.39. The van der Waals surface area contributed by atoms with E-state index in [9.17, 15) is 24.0 Å². The van der Waals surface area contributed by atoms with Crippen LogP contribution in [0.4, 0.5) is 4.79 Å². The fourth-order valence-corrected chi connectivity index (χ4v) is 7.64. The van der Waals surface area contributed by atoms with Crippen molar-refractivity contribution in [2.75, 3.05) is 13.1 Å². The van der Waals surface area contributed by atoms with Crippen LogP contribution in [-0.2, 0) is 41.5 Å². The van der Waals surface area contributed by atoms with Gasteiger partial charge in [-0.1, -0.05) is 48.7 Å². The summed E-state index contributed by atoms with van der Waals surface area (Å²) in [6.07, 6.45) is 9.84. The number of halogens is 1. The summed E-state index contributed by atoms with van der Waals surface area (Å²) in [5.41, 5.74) is 0.0786. The molecule has 6 atom stereocenters. The molecule has 12 heteroatoms. The van der Waals surface area contributed by atoms with Gasteiger partial charge < -0.3 is 30.3 Å². The highest BCUT2D eigenvalue weighted by molar-refractivity contribution is 6.31. The molecule has 3 aliphatic carbocycles. The first kappa shape index (κ1) is 35.2. The van der Waals surface area contributed by atoms with Crippen molar-refractivity contribution in [1.82, 2.24) is 20.9 Å². The number of carbonyl (C=O) groups is 5. The number of benzene rings is 1. The number of nitrogens with one attached hydrogen (secondary N) is 3. The fraction of sp³-hybridized carbons (Fsp3) is 0.649. The second kappa shape index (κ2) is 14.3. The number of alkyl carbamates (subject to hydrolysis) is 1. The molecule has 266 valence electrons. The summed E-state index contributed by atoms with van der Waals surface area (Å²) < 4.78 is 11.5. The zero-order valence-corrected chi connectivity index (χ0v) is 29.5. The Morgan fingerprint density at radius 1 is 1.08 bits per heavy atom. The van der Waals surface area contributed by atoms with E-state index in [-0.39, 0.29) is 24.8 Å². The van der Waals surface area contributed by atoms with Crippen molar-refractivity contribution >= 4 is 41.4 Å². The molecule has 5 aliphatic rings. The van der Waals surface area contributed by atoms with E-state index in [0.717, 1.165) is 43.2 Å². The van der Waals surface area contributed by atoms with Gasteiger partial charge in [-0.3, -0.25) is 19.2 Å². The van der Waals surface area contributed by atoms with Gasteiger partial charge in [0.05, 0.1) is 12.5 Å². The molecule has 0 bridgehead atoms. The first-order valence-electron chi connectivity index (χ1n) is 17.9. The highest BCUT2D eigenvalue weighted by Gasteiger charge is 2.61. The lowest BCUT2D eigenvalue weighted by molar-refractivity contribution is -0.153. The molecule has 0 spiro atoms. The summed E-state index contributed by atoms with van der Waals surface area (Å²) in [6, 6.07) is 3.67. The Balaban J connectivity index is 1.23. The second-order valence-electron chi connectivity index (χ2n) is 15.5. The molecule has 1 aromatic rings. The topological polar surface area (TPSA) is 143 Å². The number of hydrogen-bond acceptors (Lipinski definition) is 7. The SMILES string of the molecule is CC(C)(C)OC(=O)N[C@H]1CCCCC/C=C\[C@H]2C[C@@]2(C(=O)NCC2CC2)NC(=O)[C@@H]2C[C@@H](OC(=O)C3Cc4cccc(Cl)c4C3)CN2C1=O. The minimum atomic E-state index is -1.10. The van der Waals surface area contributed by atoms with Gasteiger partial charge >= 0.3 is 12.1 Å². The van der Waals surface area contributed by atoms with Crippen LogP contribution in [0.2, 0.25) is 5.02 Å².